The number of nitrogens with one attached hydrogen (secondary N) is 3. The number of carbonyl (C=O) groups is 2. The van der Waals surface area contributed by atoms with Gasteiger partial charge in [0.15, 0.2) is 0 Å². The highest BCUT2D eigenvalue weighted by Gasteiger charge is 2.26. The number of aliphatic imine (C=N–C) groups is 1. The van der Waals surface area contributed by atoms with Crippen LogP contribution in [-0.2, 0) is 9.59 Å². The number of nitrogens with zero attached hydrogens (tertiary/aromatic N) is 1. The minimum absolute atomic E-state index is 0.238. The van der Waals surface area contributed by atoms with Crippen LogP contribution in [0.1, 0.15) is 32.6 Å². The Bertz CT molecular complexity index is 316. The molecular formula is C10H19N5O2. The summed E-state index contributed by atoms with van der Waals surface area (Å²) >= 11 is 0. The number of unbranched alkanes of at least 4 members (excludes halogenated alkanes) is 1. The average Bonchev–Trinajstić information content (AvgIpc) is 2.31. The Balaban J connectivity index is 2.47. The van der Waals surface area contributed by atoms with Crippen molar-refractivity contribution in [3.63, 3.8) is 0 Å². The van der Waals surface area contributed by atoms with Gasteiger partial charge in [-0.3, -0.25) is 25.3 Å². The van der Waals surface area contributed by atoms with Gasteiger partial charge in [-0.2, -0.15) is 0 Å². The first-order chi connectivity index (χ1) is 8.17. The summed E-state index contributed by atoms with van der Waals surface area (Å²) in [6, 6.07) is -0.455. The van der Waals surface area contributed by atoms with Crippen LogP contribution in [-0.4, -0.2) is 30.4 Å². The summed E-state index contributed by atoms with van der Waals surface area (Å²) in [4.78, 5) is 26.6. The van der Waals surface area contributed by atoms with Crippen LogP contribution in [0.25, 0.3) is 0 Å². The Morgan fingerprint density at radius 1 is 1.59 bits per heavy atom. The third kappa shape index (κ3) is 4.39. The molecule has 0 aromatic rings. The highest BCUT2D eigenvalue weighted by Crippen LogP contribution is 2.03. The molecule has 96 valence electrons. The van der Waals surface area contributed by atoms with Crippen LogP contribution in [0.15, 0.2) is 4.99 Å². The van der Waals surface area contributed by atoms with Gasteiger partial charge in [0.1, 0.15) is 6.04 Å². The van der Waals surface area contributed by atoms with Crippen LogP contribution in [0.4, 0.5) is 0 Å². The predicted octanol–water partition coefficient (Wildman–Crippen LogP) is -0.999. The summed E-state index contributed by atoms with van der Waals surface area (Å²) in [5.74, 6) is 5.11. The second-order valence-corrected chi connectivity index (χ2v) is 3.88. The van der Waals surface area contributed by atoms with E-state index in [4.69, 9.17) is 5.84 Å². The molecule has 1 aliphatic heterocycles. The first-order valence-corrected chi connectivity index (χ1v) is 5.78. The van der Waals surface area contributed by atoms with E-state index in [-0.39, 0.29) is 11.8 Å². The third-order valence-electron chi connectivity index (χ3n) is 2.47. The van der Waals surface area contributed by atoms with Crippen molar-refractivity contribution < 1.29 is 9.59 Å². The van der Waals surface area contributed by atoms with Gasteiger partial charge in [-0.25, -0.2) is 5.84 Å². The number of nitrogens with two attached hydrogens (primary N) is 1. The molecule has 0 aromatic heterocycles. The van der Waals surface area contributed by atoms with E-state index < -0.39 is 6.04 Å². The quantitative estimate of drug-likeness (QED) is 0.126. The number of carbonyl (C=O) groups excluding carboxylic acids is 2. The Hall–Kier alpha value is -1.63. The summed E-state index contributed by atoms with van der Waals surface area (Å²) in [5, 5.41) is 5.15. The zero-order chi connectivity index (χ0) is 12.7. The molecule has 7 nitrogen and oxygen atoms in total. The molecule has 0 radical (unpaired) electrons. The normalized spacial score (nSPS) is 21.1. The Labute approximate surface area is 100 Å². The van der Waals surface area contributed by atoms with Crippen molar-refractivity contribution in [1.82, 2.24) is 16.1 Å². The van der Waals surface area contributed by atoms with Crippen molar-refractivity contribution in [3.05, 3.63) is 0 Å². The van der Waals surface area contributed by atoms with Crippen molar-refractivity contribution >= 4 is 17.8 Å². The number of piperidine rings is 1. The summed E-state index contributed by atoms with van der Waals surface area (Å²) in [6.07, 6.45) is 2.79. The number of hydrogen-bond donors (Lipinski definition) is 4. The second-order valence-electron chi connectivity index (χ2n) is 3.88. The topological polar surface area (TPSA) is 109 Å². The smallest absolute Gasteiger partial charge is 0.249 e. The van der Waals surface area contributed by atoms with Gasteiger partial charge >= 0.3 is 0 Å². The molecule has 0 aliphatic carbocycles. The Morgan fingerprint density at radius 2 is 2.35 bits per heavy atom. The molecule has 0 saturated carbocycles. The summed E-state index contributed by atoms with van der Waals surface area (Å²) < 4.78 is 0. The molecule has 2 amide bonds. The second kappa shape index (κ2) is 6.85. The predicted molar refractivity (Wildman–Crippen MR) is 63.8 cm³/mol. The number of imide groups is 1. The van der Waals surface area contributed by atoms with E-state index in [1.807, 2.05) is 0 Å². The van der Waals surface area contributed by atoms with Gasteiger partial charge < -0.3 is 5.32 Å². The monoisotopic (exact) mass is 241 g/mol. The largest absolute Gasteiger partial charge is 0.344 e. The maximum absolute atomic E-state index is 11.5. The van der Waals surface area contributed by atoms with Gasteiger partial charge in [0, 0.05) is 13.0 Å². The Morgan fingerprint density at radius 3 is 2.94 bits per heavy atom. The summed E-state index contributed by atoms with van der Waals surface area (Å²) in [5.41, 5.74) is 2.41. The fraction of sp³-hybridized carbons (Fsp3) is 0.700. The lowest BCUT2D eigenvalue weighted by atomic mass is 10.1. The molecule has 1 unspecified atom stereocenters. The van der Waals surface area contributed by atoms with Crippen molar-refractivity contribution in [1.29, 1.82) is 0 Å². The van der Waals surface area contributed by atoms with Gasteiger partial charge in [0.05, 0.1) is 0 Å². The van der Waals surface area contributed by atoms with Crippen molar-refractivity contribution in [2.24, 2.45) is 10.8 Å². The molecule has 1 fully saturated rings. The molecule has 0 aromatic carbocycles. The van der Waals surface area contributed by atoms with Gasteiger partial charge in [0.2, 0.25) is 17.8 Å². The van der Waals surface area contributed by atoms with Gasteiger partial charge in [-0.05, 0) is 12.8 Å². The molecule has 1 saturated heterocycles. The molecule has 1 heterocycles. The number of rotatable bonds is 4. The lowest BCUT2D eigenvalue weighted by molar-refractivity contribution is -0.134. The van der Waals surface area contributed by atoms with Crippen LogP contribution in [0.3, 0.4) is 0 Å². The fourth-order valence-electron chi connectivity index (χ4n) is 1.48. The van der Waals surface area contributed by atoms with Crippen LogP contribution in [0.5, 0.6) is 0 Å². The first-order valence-electron chi connectivity index (χ1n) is 5.78. The minimum atomic E-state index is -0.455. The third-order valence-corrected chi connectivity index (χ3v) is 2.47. The number of hydrazine groups is 1. The molecule has 1 rings (SSSR count). The molecule has 1 atom stereocenters. The molecule has 0 spiro atoms. The van der Waals surface area contributed by atoms with Gasteiger partial charge in [0.25, 0.3) is 0 Å². The molecule has 0 bridgehead atoms. The fourth-order valence-corrected chi connectivity index (χ4v) is 1.48. The number of amides is 2. The summed E-state index contributed by atoms with van der Waals surface area (Å²) in [6.45, 7) is 2.72. The van der Waals surface area contributed by atoms with Crippen LogP contribution in [0, 0.1) is 0 Å². The van der Waals surface area contributed by atoms with E-state index in [1.54, 1.807) is 0 Å². The average molecular weight is 241 g/mol. The van der Waals surface area contributed by atoms with E-state index in [0.717, 1.165) is 12.8 Å². The van der Waals surface area contributed by atoms with E-state index in [1.165, 1.54) is 0 Å². The van der Waals surface area contributed by atoms with Crippen LogP contribution in [0.2, 0.25) is 0 Å². The Kier molecular flexibility index (Phi) is 5.41. The van der Waals surface area contributed by atoms with E-state index in [2.05, 4.69) is 28.0 Å². The zero-order valence-electron chi connectivity index (χ0n) is 9.95. The number of hydrogen-bond acceptors (Lipinski definition) is 4. The standard InChI is InChI=1S/C10H19N5O2/c1-2-3-6-12-10(15-11)13-7-4-5-8(16)14-9(7)17/h7H,2-6,11H2,1H3,(H2,12,13,15)(H,14,16,17). The van der Waals surface area contributed by atoms with Gasteiger partial charge in [-0.15, -0.1) is 0 Å². The maximum Gasteiger partial charge on any atom is 0.249 e. The summed E-state index contributed by atoms with van der Waals surface area (Å²) in [7, 11) is 0. The zero-order valence-corrected chi connectivity index (χ0v) is 9.95. The highest BCUT2D eigenvalue weighted by atomic mass is 16.2. The molecule has 17 heavy (non-hydrogen) atoms. The number of guanidine groups is 1. The van der Waals surface area contributed by atoms with Crippen molar-refractivity contribution in [2.75, 3.05) is 6.54 Å². The van der Waals surface area contributed by atoms with Gasteiger partial charge in [-0.1, -0.05) is 13.3 Å². The van der Waals surface area contributed by atoms with Crippen molar-refractivity contribution in [3.8, 4) is 0 Å². The lowest BCUT2D eigenvalue weighted by Crippen LogP contribution is -2.55. The molecular weight excluding hydrogens is 222 g/mol. The van der Waals surface area contributed by atoms with Crippen LogP contribution >= 0.6 is 0 Å². The first kappa shape index (κ1) is 13.4. The molecule has 7 heteroatoms. The molecule has 5 N–H and O–H groups in total. The SMILES string of the molecule is CCCCN=C(NN)NC1CCC(=O)NC1=O. The lowest BCUT2D eigenvalue weighted by Gasteiger charge is -2.23. The van der Waals surface area contributed by atoms with E-state index in [9.17, 15) is 9.59 Å². The van der Waals surface area contributed by atoms with E-state index in [0.29, 0.717) is 25.3 Å². The van der Waals surface area contributed by atoms with Crippen molar-refractivity contribution in [2.45, 2.75) is 38.6 Å². The molecule has 1 aliphatic rings. The highest BCUT2D eigenvalue weighted by molar-refractivity contribution is 6.01. The van der Waals surface area contributed by atoms with Crippen LogP contribution < -0.4 is 21.9 Å². The maximum atomic E-state index is 11.5. The van der Waals surface area contributed by atoms with E-state index >= 15 is 0 Å². The minimum Gasteiger partial charge on any atom is -0.344 e.